The van der Waals surface area contributed by atoms with Gasteiger partial charge in [0.05, 0.1) is 18.3 Å². The Balaban J connectivity index is 1.56. The molecule has 4 aliphatic rings. The van der Waals surface area contributed by atoms with Gasteiger partial charge in [0.15, 0.2) is 0 Å². The molecule has 3 saturated carbocycles. The molecule has 1 aromatic carbocycles. The highest BCUT2D eigenvalue weighted by atomic mass is 16.3. The van der Waals surface area contributed by atoms with Crippen molar-refractivity contribution in [2.45, 2.75) is 145 Å². The average Bonchev–Trinajstić information content (AvgIpc) is 2.89. The maximum atomic E-state index is 12.5. The summed E-state index contributed by atoms with van der Waals surface area (Å²) in [6.45, 7) is 24.9. The lowest BCUT2D eigenvalue weighted by atomic mass is 9.35. The van der Waals surface area contributed by atoms with Crippen molar-refractivity contribution < 1.29 is 15.3 Å². The molecule has 0 aromatic heterocycles. The summed E-state index contributed by atoms with van der Waals surface area (Å²) in [6, 6.07) is 2.36. The standard InChI is InChI=1S/C40H62O3/c1-22(2)29-15-12-28(13-16-29)14-17-30-18-31(23(3)4)32-20-38(9)21-39(10)19-24(5)33(27(8)41)37(43)40(39,11)26(7)35(38)36(42)34(32)25(30)6/h18,22-24,26-29,33,35-37,41-43H,12-13,15-16,19-21H2,1-11H3. The molecule has 43 heavy (non-hydrogen) atoms. The van der Waals surface area contributed by atoms with E-state index in [1.54, 1.807) is 0 Å². The summed E-state index contributed by atoms with van der Waals surface area (Å²) < 4.78 is 0. The van der Waals surface area contributed by atoms with Crippen LogP contribution in [0.5, 0.6) is 0 Å². The van der Waals surface area contributed by atoms with Crippen molar-refractivity contribution in [2.75, 3.05) is 0 Å². The zero-order valence-electron chi connectivity index (χ0n) is 29.2. The molecule has 5 rings (SSSR count). The number of benzene rings is 1. The highest BCUT2D eigenvalue weighted by Crippen LogP contribution is 2.72. The lowest BCUT2D eigenvalue weighted by molar-refractivity contribution is -0.258. The van der Waals surface area contributed by atoms with E-state index in [9.17, 15) is 15.3 Å². The Morgan fingerprint density at radius 2 is 1.58 bits per heavy atom. The molecule has 0 heterocycles. The molecule has 3 N–H and O–H groups in total. The van der Waals surface area contributed by atoms with Crippen molar-refractivity contribution in [2.24, 2.45) is 57.7 Å². The smallest absolute Gasteiger partial charge is 0.0832 e. The second-order valence-corrected chi connectivity index (χ2v) is 17.4. The molecule has 4 aliphatic carbocycles. The molecule has 0 aliphatic heterocycles. The minimum atomic E-state index is -0.607. The van der Waals surface area contributed by atoms with Gasteiger partial charge in [-0.2, -0.15) is 0 Å². The van der Waals surface area contributed by atoms with Crippen LogP contribution in [0, 0.1) is 76.4 Å². The lowest BCUT2D eigenvalue weighted by Crippen LogP contribution is -2.68. The van der Waals surface area contributed by atoms with E-state index in [0.717, 1.165) is 47.8 Å². The van der Waals surface area contributed by atoms with Gasteiger partial charge in [0, 0.05) is 22.8 Å². The van der Waals surface area contributed by atoms with Crippen LogP contribution in [0.2, 0.25) is 0 Å². The first-order chi connectivity index (χ1) is 20.0. The molecule has 0 bridgehead atoms. The number of rotatable bonds is 3. The van der Waals surface area contributed by atoms with E-state index in [0.29, 0.717) is 11.8 Å². The predicted octanol–water partition coefficient (Wildman–Crippen LogP) is 8.59. The number of aliphatic hydroxyl groups is 3. The van der Waals surface area contributed by atoms with E-state index in [1.807, 2.05) is 6.92 Å². The second kappa shape index (κ2) is 11.5. The quantitative estimate of drug-likeness (QED) is 0.309. The Morgan fingerprint density at radius 1 is 0.953 bits per heavy atom. The number of hydrogen-bond donors (Lipinski definition) is 3. The van der Waals surface area contributed by atoms with Crippen molar-refractivity contribution in [3.63, 3.8) is 0 Å². The lowest BCUT2D eigenvalue weighted by Gasteiger charge is -2.70. The maximum absolute atomic E-state index is 12.5. The van der Waals surface area contributed by atoms with Gasteiger partial charge in [-0.15, -0.1) is 0 Å². The van der Waals surface area contributed by atoms with Crippen molar-refractivity contribution in [3.05, 3.63) is 33.9 Å². The number of fused-ring (bicyclic) bond motifs is 3. The number of hydrogen-bond acceptors (Lipinski definition) is 3. The summed E-state index contributed by atoms with van der Waals surface area (Å²) in [4.78, 5) is 0. The summed E-state index contributed by atoms with van der Waals surface area (Å²) in [5, 5.41) is 35.3. The van der Waals surface area contributed by atoms with Gasteiger partial charge in [0.25, 0.3) is 0 Å². The fourth-order valence-electron chi connectivity index (χ4n) is 11.6. The third kappa shape index (κ3) is 5.15. The summed E-state index contributed by atoms with van der Waals surface area (Å²) in [6.07, 6.45) is 6.15. The molecule has 0 amide bonds. The van der Waals surface area contributed by atoms with E-state index in [4.69, 9.17) is 0 Å². The van der Waals surface area contributed by atoms with Gasteiger partial charge in [-0.3, -0.25) is 0 Å². The average molecular weight is 591 g/mol. The fraction of sp³-hybridized carbons (Fsp3) is 0.800. The van der Waals surface area contributed by atoms with Gasteiger partial charge < -0.3 is 15.3 Å². The molecule has 1 aromatic rings. The van der Waals surface area contributed by atoms with E-state index >= 15 is 0 Å². The van der Waals surface area contributed by atoms with Crippen molar-refractivity contribution in [3.8, 4) is 11.8 Å². The third-order valence-corrected chi connectivity index (χ3v) is 14.1. The highest BCUT2D eigenvalue weighted by molar-refractivity contribution is 5.56. The van der Waals surface area contributed by atoms with Crippen molar-refractivity contribution in [1.82, 2.24) is 0 Å². The maximum Gasteiger partial charge on any atom is 0.0832 e. The molecule has 3 fully saturated rings. The van der Waals surface area contributed by atoms with Gasteiger partial charge in [0.2, 0.25) is 0 Å². The molecule has 10 atom stereocenters. The Labute approximate surface area is 263 Å². The molecule has 3 heteroatoms. The highest BCUT2D eigenvalue weighted by Gasteiger charge is 2.68. The molecular formula is C40H62O3. The van der Waals surface area contributed by atoms with E-state index in [2.05, 4.69) is 87.1 Å². The zero-order valence-corrected chi connectivity index (χ0v) is 29.2. The van der Waals surface area contributed by atoms with Gasteiger partial charge in [-0.25, -0.2) is 0 Å². The Bertz CT molecular complexity index is 1260. The van der Waals surface area contributed by atoms with Crippen LogP contribution < -0.4 is 0 Å². The molecule has 10 unspecified atom stereocenters. The van der Waals surface area contributed by atoms with E-state index in [1.165, 1.54) is 36.8 Å². The summed E-state index contributed by atoms with van der Waals surface area (Å²) in [7, 11) is 0. The van der Waals surface area contributed by atoms with Crippen molar-refractivity contribution in [1.29, 1.82) is 0 Å². The van der Waals surface area contributed by atoms with Crippen LogP contribution >= 0.6 is 0 Å². The first-order valence-corrected chi connectivity index (χ1v) is 17.7. The first kappa shape index (κ1) is 33.0. The van der Waals surface area contributed by atoms with Crippen LogP contribution in [0.25, 0.3) is 0 Å². The van der Waals surface area contributed by atoms with Crippen molar-refractivity contribution >= 4 is 0 Å². The molecule has 0 spiro atoms. The van der Waals surface area contributed by atoms with Gasteiger partial charge in [-0.1, -0.05) is 74.2 Å². The van der Waals surface area contributed by atoms with Gasteiger partial charge >= 0.3 is 0 Å². The van der Waals surface area contributed by atoms with Crippen LogP contribution in [0.3, 0.4) is 0 Å². The second-order valence-electron chi connectivity index (χ2n) is 17.4. The Morgan fingerprint density at radius 3 is 2.14 bits per heavy atom. The first-order valence-electron chi connectivity index (χ1n) is 17.7. The van der Waals surface area contributed by atoms with Crippen LogP contribution in [0.4, 0.5) is 0 Å². The SMILES string of the molecule is Cc1c(C#CC2CCC(C(C)C)CC2)cc(C(C)C)c2c1C(O)C1C(C)C3(C)C(O)C(C(C)O)C(C)CC3(C)CC1(C)C2. The van der Waals surface area contributed by atoms with Crippen LogP contribution in [0.15, 0.2) is 6.07 Å². The molecule has 0 saturated heterocycles. The fourth-order valence-corrected chi connectivity index (χ4v) is 11.6. The minimum Gasteiger partial charge on any atom is -0.393 e. The van der Waals surface area contributed by atoms with Crippen LogP contribution in [0.1, 0.15) is 148 Å². The van der Waals surface area contributed by atoms with E-state index in [-0.39, 0.29) is 34.5 Å². The van der Waals surface area contributed by atoms with Gasteiger partial charge in [0.1, 0.15) is 0 Å². The largest absolute Gasteiger partial charge is 0.393 e. The summed E-state index contributed by atoms with van der Waals surface area (Å²) >= 11 is 0. The molecule has 240 valence electrons. The number of aliphatic hydroxyl groups excluding tert-OH is 3. The summed E-state index contributed by atoms with van der Waals surface area (Å²) in [5.74, 6) is 9.97. The zero-order chi connectivity index (χ0) is 31.8. The summed E-state index contributed by atoms with van der Waals surface area (Å²) in [5.41, 5.74) is 5.52. The monoisotopic (exact) mass is 590 g/mol. The third-order valence-electron chi connectivity index (χ3n) is 14.1. The van der Waals surface area contributed by atoms with Crippen LogP contribution in [-0.2, 0) is 6.42 Å². The molecular weight excluding hydrogens is 528 g/mol. The topological polar surface area (TPSA) is 60.7 Å². The van der Waals surface area contributed by atoms with Gasteiger partial charge in [-0.05, 0) is 133 Å². The minimum absolute atomic E-state index is 0.0315. The Kier molecular flexibility index (Phi) is 8.81. The predicted molar refractivity (Wildman–Crippen MR) is 178 cm³/mol. The Hall–Kier alpha value is -1.34. The van der Waals surface area contributed by atoms with E-state index < -0.39 is 23.7 Å². The molecule has 0 radical (unpaired) electrons. The normalized spacial score (nSPS) is 43.3. The van der Waals surface area contributed by atoms with Crippen LogP contribution in [-0.4, -0.2) is 27.5 Å². The molecule has 3 nitrogen and oxygen atoms in total.